The molecule has 0 fully saturated rings. The molecule has 13 heavy (non-hydrogen) atoms. The molecule has 0 spiro atoms. The molecule has 0 unspecified atom stereocenters. The highest BCUT2D eigenvalue weighted by Crippen LogP contribution is 2.02. The Morgan fingerprint density at radius 1 is 1.31 bits per heavy atom. The monoisotopic (exact) mass is 202 g/mol. The lowest BCUT2D eigenvalue weighted by Crippen LogP contribution is -2.21. The Morgan fingerprint density at radius 2 is 1.85 bits per heavy atom. The van der Waals surface area contributed by atoms with Crippen molar-refractivity contribution in [2.24, 2.45) is 0 Å². The van der Waals surface area contributed by atoms with Crippen molar-refractivity contribution in [3.05, 3.63) is 35.9 Å². The fourth-order valence-electron chi connectivity index (χ4n) is 0.925. The van der Waals surface area contributed by atoms with Crippen LogP contribution in [0.5, 0.6) is 0 Å². The third-order valence-corrected chi connectivity index (χ3v) is 1.56. The van der Waals surface area contributed by atoms with Crippen molar-refractivity contribution in [3.8, 4) is 0 Å². The molecule has 3 nitrogen and oxygen atoms in total. The van der Waals surface area contributed by atoms with Gasteiger partial charge in [-0.25, -0.2) is 4.79 Å². The molecule has 0 aromatic heterocycles. The van der Waals surface area contributed by atoms with Gasteiger partial charge in [0, 0.05) is 6.42 Å². The highest BCUT2D eigenvalue weighted by molar-refractivity contribution is 5.85. The van der Waals surface area contributed by atoms with Crippen LogP contribution in [0.15, 0.2) is 30.3 Å². The largest absolute Gasteiger partial charge is 0.479 e. The van der Waals surface area contributed by atoms with Crippen LogP contribution >= 0.6 is 12.4 Å². The normalized spacial score (nSPS) is 11.5. The van der Waals surface area contributed by atoms with E-state index in [1.165, 1.54) is 0 Å². The molecular weight excluding hydrogens is 192 g/mol. The van der Waals surface area contributed by atoms with Gasteiger partial charge in [-0.15, -0.1) is 12.4 Å². The molecule has 0 bridgehead atoms. The van der Waals surface area contributed by atoms with Gasteiger partial charge in [-0.05, 0) is 5.56 Å². The molecule has 0 heterocycles. The molecule has 1 aromatic rings. The third kappa shape index (κ3) is 3.92. The Morgan fingerprint density at radius 3 is 2.31 bits per heavy atom. The summed E-state index contributed by atoms with van der Waals surface area (Å²) in [7, 11) is 0. The molecule has 0 radical (unpaired) electrons. The van der Waals surface area contributed by atoms with Gasteiger partial charge in [0.2, 0.25) is 0 Å². The van der Waals surface area contributed by atoms with E-state index in [0.29, 0.717) is 0 Å². The lowest BCUT2D eigenvalue weighted by molar-refractivity contribution is -0.146. The predicted octanol–water partition coefficient (Wildman–Crippen LogP) is 1.10. The van der Waals surface area contributed by atoms with Crippen molar-refractivity contribution in [1.29, 1.82) is 0 Å². The van der Waals surface area contributed by atoms with Crippen molar-refractivity contribution >= 4 is 18.4 Å². The average molecular weight is 203 g/mol. The summed E-state index contributed by atoms with van der Waals surface area (Å²) >= 11 is 0. The van der Waals surface area contributed by atoms with Gasteiger partial charge in [0.05, 0.1) is 0 Å². The molecule has 1 aromatic carbocycles. The highest BCUT2D eigenvalue weighted by atomic mass is 35.5. The van der Waals surface area contributed by atoms with E-state index in [2.05, 4.69) is 0 Å². The van der Waals surface area contributed by atoms with Crippen LogP contribution in [-0.4, -0.2) is 22.3 Å². The SMILES string of the molecule is Cl.O=C(O)[C@H](O)Cc1ccccc1. The van der Waals surface area contributed by atoms with Crippen molar-refractivity contribution in [3.63, 3.8) is 0 Å². The van der Waals surface area contributed by atoms with Crippen LogP contribution in [-0.2, 0) is 11.2 Å². The van der Waals surface area contributed by atoms with E-state index in [4.69, 9.17) is 10.2 Å². The highest BCUT2D eigenvalue weighted by Gasteiger charge is 2.12. The smallest absolute Gasteiger partial charge is 0.332 e. The number of aliphatic hydroxyl groups is 1. The number of carboxylic acids is 1. The number of halogens is 1. The molecule has 4 heteroatoms. The minimum absolute atomic E-state index is 0. The minimum Gasteiger partial charge on any atom is -0.479 e. The zero-order chi connectivity index (χ0) is 8.97. The van der Waals surface area contributed by atoms with Crippen LogP contribution < -0.4 is 0 Å². The van der Waals surface area contributed by atoms with E-state index in [1.807, 2.05) is 18.2 Å². The second-order valence-corrected chi connectivity index (χ2v) is 2.54. The number of benzene rings is 1. The summed E-state index contributed by atoms with van der Waals surface area (Å²) in [5.41, 5.74) is 0.826. The number of carboxylic acid groups (broad SMARTS) is 1. The number of hydrogen-bond donors (Lipinski definition) is 2. The maximum atomic E-state index is 10.3. The molecule has 72 valence electrons. The maximum Gasteiger partial charge on any atom is 0.332 e. The van der Waals surface area contributed by atoms with E-state index in [-0.39, 0.29) is 18.8 Å². The van der Waals surface area contributed by atoms with Crippen LogP contribution in [0, 0.1) is 0 Å². The van der Waals surface area contributed by atoms with Crippen molar-refractivity contribution in [2.45, 2.75) is 12.5 Å². The number of rotatable bonds is 3. The van der Waals surface area contributed by atoms with Gasteiger partial charge >= 0.3 is 5.97 Å². The molecular formula is C9H11ClO3. The summed E-state index contributed by atoms with van der Waals surface area (Å²) in [5, 5.41) is 17.4. The average Bonchev–Trinajstić information content (AvgIpc) is 2.06. The molecule has 1 atom stereocenters. The second kappa shape index (κ2) is 5.56. The number of aliphatic hydroxyl groups excluding tert-OH is 1. The van der Waals surface area contributed by atoms with E-state index in [0.717, 1.165) is 5.56 Å². The molecule has 0 amide bonds. The summed E-state index contributed by atoms with van der Waals surface area (Å²) in [6.07, 6.45) is -1.14. The quantitative estimate of drug-likeness (QED) is 0.772. The van der Waals surface area contributed by atoms with E-state index >= 15 is 0 Å². The lowest BCUT2D eigenvalue weighted by Gasteiger charge is -2.03. The zero-order valence-electron chi connectivity index (χ0n) is 6.88. The molecule has 0 saturated carbocycles. The summed E-state index contributed by atoms with van der Waals surface area (Å²) in [5.74, 6) is -1.18. The van der Waals surface area contributed by atoms with Crippen molar-refractivity contribution in [2.75, 3.05) is 0 Å². The Balaban J connectivity index is 0.00000144. The number of aliphatic carboxylic acids is 1. The lowest BCUT2D eigenvalue weighted by atomic mass is 10.1. The fourth-order valence-corrected chi connectivity index (χ4v) is 0.925. The first kappa shape index (κ1) is 11.9. The van der Waals surface area contributed by atoms with Crippen LogP contribution in [0.2, 0.25) is 0 Å². The molecule has 0 aliphatic heterocycles. The first-order valence-corrected chi connectivity index (χ1v) is 3.65. The van der Waals surface area contributed by atoms with Crippen molar-refractivity contribution in [1.82, 2.24) is 0 Å². The zero-order valence-corrected chi connectivity index (χ0v) is 7.70. The number of hydrogen-bond acceptors (Lipinski definition) is 2. The van der Waals surface area contributed by atoms with E-state index in [1.54, 1.807) is 12.1 Å². The van der Waals surface area contributed by atoms with E-state index in [9.17, 15) is 4.79 Å². The molecule has 0 aliphatic carbocycles. The molecule has 1 rings (SSSR count). The van der Waals surface area contributed by atoms with Gasteiger partial charge in [-0.2, -0.15) is 0 Å². The summed E-state index contributed by atoms with van der Waals surface area (Å²) < 4.78 is 0. The van der Waals surface area contributed by atoms with Crippen LogP contribution in [0.4, 0.5) is 0 Å². The van der Waals surface area contributed by atoms with Gasteiger partial charge in [-0.3, -0.25) is 0 Å². The van der Waals surface area contributed by atoms with Gasteiger partial charge < -0.3 is 10.2 Å². The Labute approximate surface area is 82.4 Å². The van der Waals surface area contributed by atoms with Crippen molar-refractivity contribution < 1.29 is 15.0 Å². The van der Waals surface area contributed by atoms with Crippen LogP contribution in [0.25, 0.3) is 0 Å². The van der Waals surface area contributed by atoms with Gasteiger partial charge in [0.15, 0.2) is 6.10 Å². The maximum absolute atomic E-state index is 10.3. The minimum atomic E-state index is -1.30. The molecule has 0 aliphatic rings. The van der Waals surface area contributed by atoms with Gasteiger partial charge in [0.25, 0.3) is 0 Å². The first-order chi connectivity index (χ1) is 5.70. The molecule has 0 saturated heterocycles. The summed E-state index contributed by atoms with van der Waals surface area (Å²) in [6, 6.07) is 9.03. The Hall–Kier alpha value is -1.06. The molecule has 2 N–H and O–H groups in total. The summed E-state index contributed by atoms with van der Waals surface area (Å²) in [4.78, 5) is 10.3. The van der Waals surface area contributed by atoms with Gasteiger partial charge in [0.1, 0.15) is 0 Å². The first-order valence-electron chi connectivity index (χ1n) is 3.65. The number of carbonyl (C=O) groups is 1. The summed E-state index contributed by atoms with van der Waals surface area (Å²) in [6.45, 7) is 0. The van der Waals surface area contributed by atoms with Crippen LogP contribution in [0.3, 0.4) is 0 Å². The Bertz CT molecular complexity index is 261. The van der Waals surface area contributed by atoms with Crippen LogP contribution in [0.1, 0.15) is 5.56 Å². The standard InChI is InChI=1S/C9H10O3.ClH/c10-8(9(11)12)6-7-4-2-1-3-5-7;/h1-5,8,10H,6H2,(H,11,12);1H/t8-;/m1./s1. The third-order valence-electron chi connectivity index (χ3n) is 1.56. The van der Waals surface area contributed by atoms with E-state index < -0.39 is 12.1 Å². The fraction of sp³-hybridized carbons (Fsp3) is 0.222. The predicted molar refractivity (Wildman–Crippen MR) is 51.0 cm³/mol. The van der Waals surface area contributed by atoms with Gasteiger partial charge in [-0.1, -0.05) is 30.3 Å². The Kier molecular flexibility index (Phi) is 5.11. The topological polar surface area (TPSA) is 57.5 Å². The second-order valence-electron chi connectivity index (χ2n) is 2.54.